The van der Waals surface area contributed by atoms with Crippen LogP contribution in [0.4, 0.5) is 0 Å². The van der Waals surface area contributed by atoms with Crippen LogP contribution in [-0.4, -0.2) is 36.9 Å². The number of imidazole rings is 1. The van der Waals surface area contributed by atoms with Crippen LogP contribution in [0.25, 0.3) is 5.65 Å². The molecular weight excluding hydrogens is 350 g/mol. The van der Waals surface area contributed by atoms with E-state index >= 15 is 0 Å². The van der Waals surface area contributed by atoms with Crippen molar-refractivity contribution in [2.75, 3.05) is 6.61 Å². The molecule has 3 aromatic heterocycles. The van der Waals surface area contributed by atoms with E-state index in [9.17, 15) is 4.79 Å². The van der Waals surface area contributed by atoms with Crippen molar-refractivity contribution in [2.45, 2.75) is 36.4 Å². The molecule has 1 N–H and O–H groups in total. The average molecular weight is 366 g/mol. The monoisotopic (exact) mass is 365 g/mol. The summed E-state index contributed by atoms with van der Waals surface area (Å²) in [6.45, 7) is 1.31. The van der Waals surface area contributed by atoms with Crippen LogP contribution in [0.1, 0.15) is 18.5 Å². The van der Waals surface area contributed by atoms with E-state index in [1.54, 1.807) is 4.57 Å². The number of aromatic nitrogens is 5. The number of nitrogens with one attached hydrogen (secondary N) is 1. The van der Waals surface area contributed by atoms with E-state index in [0.717, 1.165) is 30.8 Å². The maximum Gasteiger partial charge on any atom is 0.344 e. The summed E-state index contributed by atoms with van der Waals surface area (Å²) in [6.07, 6.45) is 5.87. The normalized spacial score (nSPS) is 17.8. The molecule has 0 aromatic carbocycles. The Bertz CT molecular complexity index is 912. The second-order valence-corrected chi connectivity index (χ2v) is 7.07. The first-order chi connectivity index (χ1) is 11.7. The minimum Gasteiger partial charge on any atom is -0.376 e. The van der Waals surface area contributed by atoms with Gasteiger partial charge in [0, 0.05) is 24.8 Å². The summed E-state index contributed by atoms with van der Waals surface area (Å²) in [6, 6.07) is 3.69. The average Bonchev–Trinajstić information content (AvgIpc) is 3.27. The zero-order valence-electron chi connectivity index (χ0n) is 12.8. The van der Waals surface area contributed by atoms with Crippen LogP contribution >= 0.6 is 23.4 Å². The summed E-state index contributed by atoms with van der Waals surface area (Å²) in [5, 5.41) is 7.96. The van der Waals surface area contributed by atoms with E-state index in [1.165, 1.54) is 11.8 Å². The Balaban J connectivity index is 1.49. The summed E-state index contributed by atoms with van der Waals surface area (Å²) in [7, 11) is 0. The molecule has 0 aliphatic carbocycles. The number of nitrogens with zero attached hydrogens (tertiary/aromatic N) is 4. The quantitative estimate of drug-likeness (QED) is 0.702. The van der Waals surface area contributed by atoms with Crippen LogP contribution < -0.4 is 5.69 Å². The van der Waals surface area contributed by atoms with Crippen molar-refractivity contribution in [3.05, 3.63) is 45.7 Å². The fourth-order valence-electron chi connectivity index (χ4n) is 2.79. The van der Waals surface area contributed by atoms with Crippen LogP contribution in [-0.2, 0) is 17.0 Å². The molecule has 1 fully saturated rings. The van der Waals surface area contributed by atoms with Crippen LogP contribution in [0.3, 0.4) is 0 Å². The van der Waals surface area contributed by atoms with Gasteiger partial charge in [0.15, 0.2) is 5.16 Å². The van der Waals surface area contributed by atoms with Crippen molar-refractivity contribution in [3.63, 3.8) is 0 Å². The largest absolute Gasteiger partial charge is 0.376 e. The number of H-pyrrole nitrogens is 1. The third kappa shape index (κ3) is 3.22. The standard InChI is InChI=1S/C15H16ClN5O2S/c16-10-3-4-13-17-11(7-20(13)6-10)9-24-15-19-18-14(22)21(15)8-12-2-1-5-23-12/h3-4,6-7,12H,1-2,5,8-9H2,(H,18,22). The van der Waals surface area contributed by atoms with E-state index in [2.05, 4.69) is 15.2 Å². The third-order valence-electron chi connectivity index (χ3n) is 3.95. The van der Waals surface area contributed by atoms with E-state index in [4.69, 9.17) is 16.3 Å². The Morgan fingerprint density at radius 3 is 3.17 bits per heavy atom. The summed E-state index contributed by atoms with van der Waals surface area (Å²) in [5.41, 5.74) is 1.55. The number of hydrogen-bond donors (Lipinski definition) is 1. The Kier molecular flexibility index (Phi) is 4.34. The molecule has 9 heteroatoms. The molecule has 1 saturated heterocycles. The number of rotatable bonds is 5. The van der Waals surface area contributed by atoms with Crippen LogP contribution in [0.2, 0.25) is 5.02 Å². The lowest BCUT2D eigenvalue weighted by molar-refractivity contribution is 0.0941. The Morgan fingerprint density at radius 1 is 1.42 bits per heavy atom. The van der Waals surface area contributed by atoms with Gasteiger partial charge in [0.05, 0.1) is 23.4 Å². The number of hydrogen-bond acceptors (Lipinski definition) is 5. The molecule has 24 heavy (non-hydrogen) atoms. The van der Waals surface area contributed by atoms with Gasteiger partial charge in [-0.2, -0.15) is 0 Å². The fourth-order valence-corrected chi connectivity index (χ4v) is 3.80. The Morgan fingerprint density at radius 2 is 2.33 bits per heavy atom. The maximum absolute atomic E-state index is 12.0. The van der Waals surface area contributed by atoms with E-state index in [0.29, 0.717) is 22.5 Å². The fraction of sp³-hybridized carbons (Fsp3) is 0.400. The van der Waals surface area contributed by atoms with Gasteiger partial charge in [-0.25, -0.2) is 14.9 Å². The minimum absolute atomic E-state index is 0.0944. The lowest BCUT2D eigenvalue weighted by Gasteiger charge is -2.10. The van der Waals surface area contributed by atoms with Gasteiger partial charge in [0.25, 0.3) is 0 Å². The lowest BCUT2D eigenvalue weighted by atomic mass is 10.2. The zero-order valence-corrected chi connectivity index (χ0v) is 14.4. The van der Waals surface area contributed by atoms with Crippen LogP contribution in [0.5, 0.6) is 0 Å². The summed E-state index contributed by atoms with van der Waals surface area (Å²) in [4.78, 5) is 16.5. The molecule has 7 nitrogen and oxygen atoms in total. The first-order valence-electron chi connectivity index (χ1n) is 7.72. The third-order valence-corrected chi connectivity index (χ3v) is 5.18. The molecule has 126 valence electrons. The van der Waals surface area contributed by atoms with Gasteiger partial charge >= 0.3 is 5.69 Å². The summed E-state index contributed by atoms with van der Waals surface area (Å²) in [5.74, 6) is 0.620. The molecule has 4 rings (SSSR count). The number of fused-ring (bicyclic) bond motifs is 1. The molecule has 1 aliphatic rings. The Labute approximate surface area is 147 Å². The highest BCUT2D eigenvalue weighted by Crippen LogP contribution is 2.22. The van der Waals surface area contributed by atoms with E-state index in [1.807, 2.05) is 28.9 Å². The highest BCUT2D eigenvalue weighted by Gasteiger charge is 2.19. The summed E-state index contributed by atoms with van der Waals surface area (Å²) >= 11 is 7.47. The molecule has 1 aliphatic heterocycles. The van der Waals surface area contributed by atoms with Crippen molar-refractivity contribution < 1.29 is 4.74 Å². The number of thioether (sulfide) groups is 1. The number of aromatic amines is 1. The second kappa shape index (κ2) is 6.62. The molecule has 0 saturated carbocycles. The smallest absolute Gasteiger partial charge is 0.344 e. The molecule has 1 atom stereocenters. The van der Waals surface area contributed by atoms with E-state index < -0.39 is 0 Å². The highest BCUT2D eigenvalue weighted by molar-refractivity contribution is 7.98. The number of pyridine rings is 1. The number of halogens is 1. The summed E-state index contributed by atoms with van der Waals surface area (Å²) < 4.78 is 9.15. The van der Waals surface area contributed by atoms with Crippen molar-refractivity contribution >= 4 is 29.0 Å². The van der Waals surface area contributed by atoms with Gasteiger partial charge in [-0.3, -0.25) is 4.57 Å². The Hall–Kier alpha value is -1.77. The minimum atomic E-state index is -0.199. The van der Waals surface area contributed by atoms with Gasteiger partial charge in [-0.05, 0) is 25.0 Å². The predicted molar refractivity (Wildman–Crippen MR) is 91.6 cm³/mol. The molecule has 0 spiro atoms. The second-order valence-electron chi connectivity index (χ2n) is 5.69. The van der Waals surface area contributed by atoms with Crippen LogP contribution in [0, 0.1) is 0 Å². The first kappa shape index (κ1) is 15.7. The van der Waals surface area contributed by atoms with Crippen molar-refractivity contribution in [1.29, 1.82) is 0 Å². The molecule has 4 heterocycles. The molecular formula is C15H16ClN5O2S. The SMILES string of the molecule is O=c1[nH]nc(SCc2cn3cc(Cl)ccc3n2)n1CC1CCCO1. The first-order valence-corrected chi connectivity index (χ1v) is 9.08. The maximum atomic E-state index is 12.0. The molecule has 3 aromatic rings. The zero-order chi connectivity index (χ0) is 16.5. The number of ether oxygens (including phenoxy) is 1. The lowest BCUT2D eigenvalue weighted by Crippen LogP contribution is -2.24. The molecule has 1 unspecified atom stereocenters. The van der Waals surface area contributed by atoms with Crippen molar-refractivity contribution in [1.82, 2.24) is 24.1 Å². The van der Waals surface area contributed by atoms with E-state index in [-0.39, 0.29) is 11.8 Å². The van der Waals surface area contributed by atoms with Gasteiger partial charge in [0.2, 0.25) is 0 Å². The topological polar surface area (TPSA) is 77.2 Å². The van der Waals surface area contributed by atoms with Gasteiger partial charge in [-0.15, -0.1) is 5.10 Å². The molecule has 0 amide bonds. The van der Waals surface area contributed by atoms with Crippen molar-refractivity contribution in [3.8, 4) is 0 Å². The predicted octanol–water partition coefficient (Wildman–Crippen LogP) is 2.34. The van der Waals surface area contributed by atoms with Crippen LogP contribution in [0.15, 0.2) is 34.5 Å². The molecule has 0 bridgehead atoms. The van der Waals surface area contributed by atoms with Crippen molar-refractivity contribution in [2.24, 2.45) is 0 Å². The van der Waals surface area contributed by atoms with Gasteiger partial charge < -0.3 is 9.14 Å². The van der Waals surface area contributed by atoms with Gasteiger partial charge in [0.1, 0.15) is 5.65 Å². The highest BCUT2D eigenvalue weighted by atomic mass is 35.5. The molecule has 0 radical (unpaired) electrons. The van der Waals surface area contributed by atoms with Gasteiger partial charge in [-0.1, -0.05) is 23.4 Å².